The van der Waals surface area contributed by atoms with Crippen LogP contribution >= 0.6 is 22.7 Å². The first-order chi connectivity index (χ1) is 12.9. The second kappa shape index (κ2) is 7.44. The van der Waals surface area contributed by atoms with Crippen LogP contribution in [0.25, 0.3) is 10.6 Å². The third-order valence-electron chi connectivity index (χ3n) is 4.58. The van der Waals surface area contributed by atoms with E-state index in [1.807, 2.05) is 11.4 Å². The molecule has 0 amide bonds. The smallest absolute Gasteiger partial charge is 0.248 e. The summed E-state index contributed by atoms with van der Waals surface area (Å²) < 4.78 is 32.3. The molecule has 144 valence electrons. The molecular formula is C17H20N4O3S3. The maximum absolute atomic E-state index is 12.9. The second-order valence-corrected chi connectivity index (χ2v) is 10.2. The molecule has 0 saturated carbocycles. The van der Waals surface area contributed by atoms with Crippen LogP contribution in [0.15, 0.2) is 32.3 Å². The number of aryl methyl sites for hydroxylation is 2. The topological polar surface area (TPSA) is 79.5 Å². The first-order valence-electron chi connectivity index (χ1n) is 8.59. The Morgan fingerprint density at radius 2 is 1.96 bits per heavy atom. The molecule has 10 heteroatoms. The van der Waals surface area contributed by atoms with E-state index in [1.54, 1.807) is 36.5 Å². The molecule has 0 atom stereocenters. The van der Waals surface area contributed by atoms with Crippen LogP contribution in [-0.2, 0) is 16.6 Å². The van der Waals surface area contributed by atoms with E-state index >= 15 is 0 Å². The molecule has 1 aliphatic heterocycles. The summed E-state index contributed by atoms with van der Waals surface area (Å²) in [4.78, 5) is 8.34. The lowest BCUT2D eigenvalue weighted by Crippen LogP contribution is -2.48. The number of hydrogen-bond donors (Lipinski definition) is 0. The molecular weight excluding hydrogens is 404 g/mol. The van der Waals surface area contributed by atoms with Crippen molar-refractivity contribution in [3.63, 3.8) is 0 Å². The highest BCUT2D eigenvalue weighted by atomic mass is 32.2. The van der Waals surface area contributed by atoms with E-state index in [0.29, 0.717) is 37.6 Å². The first-order valence-corrected chi connectivity index (χ1v) is 11.8. The van der Waals surface area contributed by atoms with Crippen molar-refractivity contribution in [2.45, 2.75) is 25.3 Å². The number of aromatic nitrogens is 2. The molecule has 4 rings (SSSR count). The Balaban J connectivity index is 1.39. The molecule has 0 spiro atoms. The average molecular weight is 425 g/mol. The van der Waals surface area contributed by atoms with Gasteiger partial charge in [0.05, 0.1) is 17.1 Å². The molecule has 0 bridgehead atoms. The fourth-order valence-corrected chi connectivity index (χ4v) is 6.52. The Hall–Kier alpha value is -1.59. The van der Waals surface area contributed by atoms with Gasteiger partial charge in [-0.2, -0.15) is 4.31 Å². The van der Waals surface area contributed by atoms with E-state index in [9.17, 15) is 8.42 Å². The first kappa shape index (κ1) is 18.8. The van der Waals surface area contributed by atoms with Gasteiger partial charge in [-0.1, -0.05) is 11.2 Å². The van der Waals surface area contributed by atoms with Crippen LogP contribution in [-0.4, -0.2) is 53.9 Å². The highest BCUT2D eigenvalue weighted by molar-refractivity contribution is 7.89. The van der Waals surface area contributed by atoms with Crippen molar-refractivity contribution in [1.29, 1.82) is 0 Å². The van der Waals surface area contributed by atoms with E-state index in [-0.39, 0.29) is 4.90 Å². The Morgan fingerprint density at radius 3 is 2.59 bits per heavy atom. The molecule has 1 saturated heterocycles. The van der Waals surface area contributed by atoms with Gasteiger partial charge in [0, 0.05) is 31.6 Å². The van der Waals surface area contributed by atoms with Gasteiger partial charge in [-0.25, -0.2) is 13.4 Å². The zero-order chi connectivity index (χ0) is 19.0. The number of thiophene rings is 1. The minimum Gasteiger partial charge on any atom is -0.360 e. The minimum absolute atomic E-state index is 0.205. The Morgan fingerprint density at radius 1 is 1.19 bits per heavy atom. The maximum atomic E-state index is 12.9. The highest BCUT2D eigenvalue weighted by Gasteiger charge is 2.33. The van der Waals surface area contributed by atoms with E-state index < -0.39 is 10.0 Å². The Kier molecular flexibility index (Phi) is 5.17. The third kappa shape index (κ3) is 3.72. The van der Waals surface area contributed by atoms with Gasteiger partial charge >= 0.3 is 0 Å². The number of sulfonamides is 1. The van der Waals surface area contributed by atoms with Crippen molar-refractivity contribution >= 4 is 32.7 Å². The van der Waals surface area contributed by atoms with E-state index in [0.717, 1.165) is 17.2 Å². The predicted octanol–water partition coefficient (Wildman–Crippen LogP) is 2.98. The highest BCUT2D eigenvalue weighted by Crippen LogP contribution is 2.27. The lowest BCUT2D eigenvalue weighted by atomic mass is 10.3. The van der Waals surface area contributed by atoms with Gasteiger partial charge in [0.2, 0.25) is 10.0 Å². The fraction of sp³-hybridized carbons (Fsp3) is 0.412. The predicted molar refractivity (Wildman–Crippen MR) is 105 cm³/mol. The van der Waals surface area contributed by atoms with Crippen LogP contribution < -0.4 is 0 Å². The van der Waals surface area contributed by atoms with Crippen LogP contribution in [0.5, 0.6) is 0 Å². The van der Waals surface area contributed by atoms with Crippen molar-refractivity contribution in [2.75, 3.05) is 26.2 Å². The molecule has 0 N–H and O–H groups in total. The van der Waals surface area contributed by atoms with Gasteiger partial charge in [0.1, 0.15) is 15.6 Å². The fourth-order valence-electron chi connectivity index (χ4n) is 3.21. The van der Waals surface area contributed by atoms with E-state index in [4.69, 9.17) is 9.51 Å². The van der Waals surface area contributed by atoms with E-state index in [2.05, 4.69) is 21.5 Å². The summed E-state index contributed by atoms with van der Waals surface area (Å²) in [5.74, 6) is 0.346. The maximum Gasteiger partial charge on any atom is 0.248 e. The molecule has 0 unspecified atom stereocenters. The van der Waals surface area contributed by atoms with Crippen LogP contribution in [0.3, 0.4) is 0 Å². The zero-order valence-electron chi connectivity index (χ0n) is 15.1. The number of piperazine rings is 1. The molecule has 0 radical (unpaired) electrons. The normalized spacial score (nSPS) is 16.8. The van der Waals surface area contributed by atoms with Gasteiger partial charge in [-0.3, -0.25) is 4.90 Å². The molecule has 27 heavy (non-hydrogen) atoms. The lowest BCUT2D eigenvalue weighted by Gasteiger charge is -2.33. The number of thiazole rings is 1. The zero-order valence-corrected chi connectivity index (χ0v) is 17.5. The summed E-state index contributed by atoms with van der Waals surface area (Å²) in [6.07, 6.45) is 0. The van der Waals surface area contributed by atoms with Crippen LogP contribution in [0.4, 0.5) is 0 Å². The molecule has 3 aromatic heterocycles. The standard InChI is InChI=1S/C17H20N4O3S3/c1-12-17(13(2)24-19-12)27(22,23)21-7-5-20(6-8-21)10-16-18-14(11-26-16)15-4-3-9-25-15/h3-4,9,11H,5-8,10H2,1-2H3. The molecule has 7 nitrogen and oxygen atoms in total. The Bertz CT molecular complexity index is 996. The summed E-state index contributed by atoms with van der Waals surface area (Å²) in [5, 5.41) is 8.96. The number of nitrogens with zero attached hydrogens (tertiary/aromatic N) is 4. The summed E-state index contributed by atoms with van der Waals surface area (Å²) in [6.45, 7) is 6.30. The molecule has 3 aromatic rings. The summed E-state index contributed by atoms with van der Waals surface area (Å²) in [6, 6.07) is 4.10. The second-order valence-electron chi connectivity index (χ2n) is 6.44. The molecule has 1 aliphatic rings. The van der Waals surface area contributed by atoms with Gasteiger partial charge < -0.3 is 4.52 Å². The van der Waals surface area contributed by atoms with Crippen LogP contribution in [0.1, 0.15) is 16.5 Å². The molecule has 1 fully saturated rings. The summed E-state index contributed by atoms with van der Waals surface area (Å²) >= 11 is 3.33. The third-order valence-corrected chi connectivity index (χ3v) is 8.45. The lowest BCUT2D eigenvalue weighted by molar-refractivity contribution is 0.181. The van der Waals surface area contributed by atoms with Crippen molar-refractivity contribution in [1.82, 2.24) is 19.3 Å². The van der Waals surface area contributed by atoms with Crippen molar-refractivity contribution in [3.8, 4) is 10.6 Å². The Labute approximate surface area is 166 Å². The monoisotopic (exact) mass is 424 g/mol. The van der Waals surface area contributed by atoms with Gasteiger partial charge in [-0.05, 0) is 25.3 Å². The number of rotatable bonds is 5. The molecule has 0 aromatic carbocycles. The quantitative estimate of drug-likeness (QED) is 0.626. The van der Waals surface area contributed by atoms with Crippen molar-refractivity contribution < 1.29 is 12.9 Å². The minimum atomic E-state index is -3.56. The molecule has 0 aliphatic carbocycles. The van der Waals surface area contributed by atoms with Gasteiger partial charge in [0.15, 0.2) is 5.76 Å². The average Bonchev–Trinajstić information content (AvgIpc) is 3.37. The molecule has 4 heterocycles. The van der Waals surface area contributed by atoms with Crippen molar-refractivity contribution in [3.05, 3.63) is 39.4 Å². The number of hydrogen-bond acceptors (Lipinski definition) is 8. The van der Waals surface area contributed by atoms with Gasteiger partial charge in [0.25, 0.3) is 0 Å². The largest absolute Gasteiger partial charge is 0.360 e. The SMILES string of the molecule is Cc1noc(C)c1S(=O)(=O)N1CCN(Cc2nc(-c3cccs3)cs2)CC1. The van der Waals surface area contributed by atoms with Crippen molar-refractivity contribution in [2.24, 2.45) is 0 Å². The van der Waals surface area contributed by atoms with Gasteiger partial charge in [-0.15, -0.1) is 22.7 Å². The van der Waals surface area contributed by atoms with E-state index in [1.165, 1.54) is 9.18 Å². The summed E-state index contributed by atoms with van der Waals surface area (Å²) in [7, 11) is -3.56. The summed E-state index contributed by atoms with van der Waals surface area (Å²) in [5.41, 5.74) is 1.43. The van der Waals surface area contributed by atoms with Crippen LogP contribution in [0.2, 0.25) is 0 Å². The van der Waals surface area contributed by atoms with Crippen LogP contribution in [0, 0.1) is 13.8 Å².